The van der Waals surface area contributed by atoms with E-state index in [0.717, 1.165) is 70.0 Å². The summed E-state index contributed by atoms with van der Waals surface area (Å²) in [5.74, 6) is 7.33. The molecule has 4 nitrogen and oxygen atoms in total. The maximum absolute atomic E-state index is 6.53. The number of furan rings is 1. The number of allylic oxidation sites excluding steroid dienone is 10. The summed E-state index contributed by atoms with van der Waals surface area (Å²) in [5.41, 5.74) is 11.6. The van der Waals surface area contributed by atoms with E-state index < -0.39 is 0 Å². The van der Waals surface area contributed by atoms with Gasteiger partial charge in [0.2, 0.25) is 0 Å². The highest BCUT2D eigenvalue weighted by Gasteiger charge is 2.30. The number of hydrogen-bond acceptors (Lipinski definition) is 3. The average Bonchev–Trinajstić information content (AvgIpc) is 3.52. The van der Waals surface area contributed by atoms with Crippen LogP contribution in [-0.2, 0) is 11.8 Å². The molecule has 2 atom stereocenters. The molecule has 0 bridgehead atoms. The molecule has 4 aromatic carbocycles. The van der Waals surface area contributed by atoms with Crippen molar-refractivity contribution in [3.63, 3.8) is 0 Å². The lowest BCUT2D eigenvalue weighted by Crippen LogP contribution is -2.21. The van der Waals surface area contributed by atoms with Crippen molar-refractivity contribution >= 4 is 39.1 Å². The number of benzene rings is 4. The molecule has 0 fully saturated rings. The van der Waals surface area contributed by atoms with E-state index in [0.29, 0.717) is 11.8 Å². The van der Waals surface area contributed by atoms with Crippen LogP contribution in [0.2, 0.25) is 0 Å². The van der Waals surface area contributed by atoms with Crippen LogP contribution in [0.3, 0.4) is 0 Å². The molecule has 48 heavy (non-hydrogen) atoms. The fourth-order valence-corrected chi connectivity index (χ4v) is 7.46. The van der Waals surface area contributed by atoms with Gasteiger partial charge >= 0.3 is 0 Å². The molecule has 4 heteroatoms. The van der Waals surface area contributed by atoms with Gasteiger partial charge in [0, 0.05) is 32.9 Å². The molecule has 3 aliphatic rings. The van der Waals surface area contributed by atoms with E-state index in [1.165, 1.54) is 27.8 Å². The molecular formula is C44H39N3O. The van der Waals surface area contributed by atoms with Crippen LogP contribution in [0.15, 0.2) is 159 Å². The monoisotopic (exact) mass is 625 g/mol. The van der Waals surface area contributed by atoms with Gasteiger partial charge in [-0.3, -0.25) is 0 Å². The second-order valence-corrected chi connectivity index (χ2v) is 13.4. The number of aryl methyl sites for hydroxylation is 1. The molecule has 5 aromatic rings. The van der Waals surface area contributed by atoms with Gasteiger partial charge in [0.25, 0.3) is 0 Å². The molecule has 0 aliphatic heterocycles. The van der Waals surface area contributed by atoms with Crippen LogP contribution < -0.4 is 5.84 Å². The fourth-order valence-electron chi connectivity index (χ4n) is 7.46. The third-order valence-corrected chi connectivity index (χ3v) is 10.1. The Labute approximate surface area is 282 Å². The summed E-state index contributed by atoms with van der Waals surface area (Å²) in [7, 11) is 0. The van der Waals surface area contributed by atoms with Crippen LogP contribution in [0.5, 0.6) is 0 Å². The van der Waals surface area contributed by atoms with Crippen LogP contribution >= 0.6 is 0 Å². The van der Waals surface area contributed by atoms with E-state index >= 15 is 0 Å². The van der Waals surface area contributed by atoms with Crippen LogP contribution in [0.4, 0.5) is 0 Å². The molecule has 1 aromatic heterocycles. The lowest BCUT2D eigenvalue weighted by molar-refractivity contribution is 0.601. The van der Waals surface area contributed by atoms with Gasteiger partial charge in [-0.2, -0.15) is 5.10 Å². The Balaban J connectivity index is 1.27. The van der Waals surface area contributed by atoms with Gasteiger partial charge < -0.3 is 10.3 Å². The summed E-state index contributed by atoms with van der Waals surface area (Å²) in [6.45, 7) is 4.58. The van der Waals surface area contributed by atoms with Crippen molar-refractivity contribution in [3.8, 4) is 0 Å². The first-order valence-corrected chi connectivity index (χ1v) is 17.0. The third-order valence-electron chi connectivity index (χ3n) is 10.1. The molecule has 1 heterocycles. The van der Waals surface area contributed by atoms with E-state index in [-0.39, 0.29) is 5.41 Å². The van der Waals surface area contributed by atoms with E-state index in [1.807, 2.05) is 18.2 Å². The number of hydrogen-bond donors (Lipinski definition) is 1. The quantitative estimate of drug-likeness (QED) is 0.0914. The molecule has 0 saturated carbocycles. The Hall–Kier alpha value is -5.48. The van der Waals surface area contributed by atoms with Gasteiger partial charge in [-0.15, -0.1) is 0 Å². The second-order valence-electron chi connectivity index (χ2n) is 13.4. The highest BCUT2D eigenvalue weighted by Crippen LogP contribution is 2.43. The number of hydrazone groups is 1. The van der Waals surface area contributed by atoms with Crippen molar-refractivity contribution in [1.29, 1.82) is 0 Å². The molecule has 3 aliphatic carbocycles. The van der Waals surface area contributed by atoms with Crippen LogP contribution in [0.25, 0.3) is 27.5 Å². The molecular weight excluding hydrogens is 587 g/mol. The first-order valence-electron chi connectivity index (χ1n) is 17.0. The largest absolute Gasteiger partial charge is 0.456 e. The lowest BCUT2D eigenvalue weighted by atomic mass is 9.73. The highest BCUT2D eigenvalue weighted by molar-refractivity contribution is 6.36. The van der Waals surface area contributed by atoms with Crippen LogP contribution in [0, 0.1) is 5.92 Å². The minimum Gasteiger partial charge on any atom is -0.456 e. The zero-order chi connectivity index (χ0) is 32.7. The minimum absolute atomic E-state index is 0.228. The Morgan fingerprint density at radius 1 is 0.812 bits per heavy atom. The number of fused-ring (bicyclic) bond motifs is 4. The summed E-state index contributed by atoms with van der Waals surface area (Å²) in [6, 6.07) is 31.4. The smallest absolute Gasteiger partial charge is 0.180 e. The third kappa shape index (κ3) is 5.28. The Kier molecular flexibility index (Phi) is 7.64. The molecule has 0 radical (unpaired) electrons. The zero-order valence-electron chi connectivity index (χ0n) is 27.5. The first-order chi connectivity index (χ1) is 23.5. The van der Waals surface area contributed by atoms with Crippen molar-refractivity contribution in [2.24, 2.45) is 21.9 Å². The normalized spacial score (nSPS) is 21.2. The maximum atomic E-state index is 6.53. The summed E-state index contributed by atoms with van der Waals surface area (Å²) >= 11 is 0. The molecule has 2 N–H and O–H groups in total. The standard InChI is InChI=1S/C44H39N3O/c1-29-21-23-30(24-22-29)31-25-27-44(2,28-26-31)37-18-10-20-39-41(37)40-36(17-9-19-38(40)48-39)43(47-45)46-42(33-12-4-3-5-13-33)35-16-8-14-32-11-6-7-15-34(32)35/h3-7,9-13,15-21,23-27,29H,8,14,22,28,45H2,1-2H3/b46-42-,47-43-. The predicted octanol–water partition coefficient (Wildman–Crippen LogP) is 10.4. The second kappa shape index (κ2) is 12.3. The number of aliphatic imine (C=N–C) groups is 1. The van der Waals surface area contributed by atoms with E-state index in [9.17, 15) is 0 Å². The predicted molar refractivity (Wildman–Crippen MR) is 200 cm³/mol. The van der Waals surface area contributed by atoms with Crippen molar-refractivity contribution in [1.82, 2.24) is 0 Å². The number of rotatable bonds is 5. The first kappa shape index (κ1) is 29.9. The Morgan fingerprint density at radius 2 is 1.58 bits per heavy atom. The van der Waals surface area contributed by atoms with Crippen molar-refractivity contribution < 1.29 is 4.42 Å². The number of nitrogens with two attached hydrogens (primary N) is 1. The molecule has 8 rings (SSSR count). The topological polar surface area (TPSA) is 63.9 Å². The SMILES string of the molecule is CC1C=CC(C2=CCC(C)(c3cccc4oc5cccc(C(/N=C(\C6=CCCc7ccccc76)c6ccccc6)=N/N)c5c34)C=C2)=CC1. The van der Waals surface area contributed by atoms with Gasteiger partial charge in [-0.25, -0.2) is 4.99 Å². The molecule has 0 saturated heterocycles. The highest BCUT2D eigenvalue weighted by atomic mass is 16.3. The minimum atomic E-state index is -0.228. The van der Waals surface area contributed by atoms with Gasteiger partial charge in [0.05, 0.1) is 5.71 Å². The lowest BCUT2D eigenvalue weighted by Gasteiger charge is -2.30. The van der Waals surface area contributed by atoms with Crippen molar-refractivity contribution in [3.05, 3.63) is 172 Å². The summed E-state index contributed by atoms with van der Waals surface area (Å²) in [5, 5.41) is 6.43. The van der Waals surface area contributed by atoms with Gasteiger partial charge in [0.1, 0.15) is 11.2 Å². The molecule has 0 spiro atoms. The van der Waals surface area contributed by atoms with E-state index in [2.05, 4.69) is 134 Å². The number of nitrogens with zero attached hydrogens (tertiary/aromatic N) is 2. The summed E-state index contributed by atoms with van der Waals surface area (Å²) in [4.78, 5) is 5.32. The average molecular weight is 626 g/mol. The number of amidine groups is 1. The Bertz CT molecular complexity index is 2270. The summed E-state index contributed by atoms with van der Waals surface area (Å²) < 4.78 is 6.53. The summed E-state index contributed by atoms with van der Waals surface area (Å²) in [6.07, 6.45) is 20.2. The van der Waals surface area contributed by atoms with Crippen LogP contribution in [-0.4, -0.2) is 11.5 Å². The van der Waals surface area contributed by atoms with Gasteiger partial charge in [-0.05, 0) is 71.6 Å². The van der Waals surface area contributed by atoms with Gasteiger partial charge in [-0.1, -0.05) is 135 Å². The maximum Gasteiger partial charge on any atom is 0.180 e. The van der Waals surface area contributed by atoms with E-state index in [4.69, 9.17) is 15.3 Å². The van der Waals surface area contributed by atoms with Crippen LogP contribution in [0.1, 0.15) is 60.9 Å². The van der Waals surface area contributed by atoms with Gasteiger partial charge in [0.15, 0.2) is 5.84 Å². The molecule has 236 valence electrons. The molecule has 0 amide bonds. The molecule has 2 unspecified atom stereocenters. The Morgan fingerprint density at radius 3 is 2.35 bits per heavy atom. The van der Waals surface area contributed by atoms with E-state index in [1.54, 1.807) is 0 Å². The zero-order valence-corrected chi connectivity index (χ0v) is 27.5. The van der Waals surface area contributed by atoms with Crippen molar-refractivity contribution in [2.45, 2.75) is 44.9 Å². The van der Waals surface area contributed by atoms with Crippen molar-refractivity contribution in [2.75, 3.05) is 0 Å². The fraction of sp³-hybridized carbons (Fsp3) is 0.182.